The van der Waals surface area contributed by atoms with Gasteiger partial charge in [-0.25, -0.2) is 0 Å². The van der Waals surface area contributed by atoms with Gasteiger partial charge in [0.2, 0.25) is 0 Å². The van der Waals surface area contributed by atoms with Crippen LogP contribution in [0, 0.1) is 6.92 Å². The molecule has 3 rings (SSSR count). The quantitative estimate of drug-likeness (QED) is 0.892. The highest BCUT2D eigenvalue weighted by Crippen LogP contribution is 2.21. The first kappa shape index (κ1) is 14.8. The number of amides is 1. The molecule has 0 bridgehead atoms. The van der Waals surface area contributed by atoms with E-state index < -0.39 is 10.8 Å². The van der Waals surface area contributed by atoms with E-state index in [1.807, 2.05) is 55.5 Å². The molecule has 22 heavy (non-hydrogen) atoms. The van der Waals surface area contributed by atoms with Gasteiger partial charge in [0.25, 0.3) is 5.91 Å². The molecule has 0 spiro atoms. The number of hydrogen-bond donors (Lipinski definition) is 2. The van der Waals surface area contributed by atoms with Gasteiger partial charge in [0, 0.05) is 12.7 Å². The molecule has 0 radical (unpaired) electrons. The third-order valence-corrected chi connectivity index (χ3v) is 5.43. The highest BCUT2D eigenvalue weighted by molar-refractivity contribution is 7.91. The lowest BCUT2D eigenvalue weighted by Crippen LogP contribution is -2.45. The Labute approximate surface area is 132 Å². The summed E-state index contributed by atoms with van der Waals surface area (Å²) >= 11 is 0. The average Bonchev–Trinajstić information content (AvgIpc) is 2.55. The van der Waals surface area contributed by atoms with Crippen molar-refractivity contribution >= 4 is 16.7 Å². The van der Waals surface area contributed by atoms with Gasteiger partial charge in [-0.1, -0.05) is 54.1 Å². The van der Waals surface area contributed by atoms with Crippen molar-refractivity contribution in [3.05, 3.63) is 70.8 Å². The summed E-state index contributed by atoms with van der Waals surface area (Å²) in [5, 5.41) is 5.78. The minimum Gasteiger partial charge on any atom is -0.382 e. The fourth-order valence-electron chi connectivity index (χ4n) is 2.45. The molecular formula is C17H18N2O2S. The maximum absolute atomic E-state index is 12.5. The molecule has 0 aromatic heterocycles. The van der Waals surface area contributed by atoms with Gasteiger partial charge in [-0.2, -0.15) is 0 Å². The molecule has 4 nitrogen and oxygen atoms in total. The van der Waals surface area contributed by atoms with Crippen LogP contribution in [0.15, 0.2) is 59.7 Å². The van der Waals surface area contributed by atoms with E-state index in [9.17, 15) is 9.00 Å². The van der Waals surface area contributed by atoms with Crippen LogP contribution in [-0.2, 0) is 22.1 Å². The van der Waals surface area contributed by atoms with Gasteiger partial charge in [0.05, 0.1) is 22.1 Å². The highest BCUT2D eigenvalue weighted by Gasteiger charge is 2.33. The summed E-state index contributed by atoms with van der Waals surface area (Å²) in [6.07, 6.45) is 9.20. The predicted octanol–water partition coefficient (Wildman–Crippen LogP) is 1.67. The van der Waals surface area contributed by atoms with E-state index >= 15 is 0 Å². The zero-order valence-corrected chi connectivity index (χ0v) is 13.1. The Kier molecular flexibility index (Phi) is 4.24. The van der Waals surface area contributed by atoms with Crippen LogP contribution in [0.1, 0.15) is 11.1 Å². The standard InChI is InChI=1S/C17H18N2O2S/c1-12-6-8-13(9-7-12)10-19-17(20)16-11-18-14-4-2-3-5-15(14)22(16)21/h2-9,11,14-15,18H,10H2,1H3,(H,19,20). The number of allylic oxidation sites excluding steroid dienone is 2. The number of carbonyl (C=O) groups is 1. The fraction of sp³-hybridized carbons (Fsp3) is 0.235. The molecule has 114 valence electrons. The van der Waals surface area contributed by atoms with Crippen LogP contribution < -0.4 is 10.6 Å². The van der Waals surface area contributed by atoms with Crippen LogP contribution in [0.25, 0.3) is 0 Å². The van der Waals surface area contributed by atoms with Crippen LogP contribution in [0.4, 0.5) is 0 Å². The van der Waals surface area contributed by atoms with Crippen molar-refractivity contribution < 1.29 is 9.00 Å². The van der Waals surface area contributed by atoms with E-state index in [1.165, 1.54) is 5.56 Å². The fourth-order valence-corrected chi connectivity index (χ4v) is 3.85. The van der Waals surface area contributed by atoms with Gasteiger partial charge in [0.1, 0.15) is 4.91 Å². The molecule has 2 aliphatic rings. The van der Waals surface area contributed by atoms with Gasteiger partial charge in [-0.05, 0) is 12.5 Å². The van der Waals surface area contributed by atoms with Crippen molar-refractivity contribution in [2.24, 2.45) is 0 Å². The number of benzene rings is 1. The monoisotopic (exact) mass is 314 g/mol. The molecule has 2 N–H and O–H groups in total. The van der Waals surface area contributed by atoms with E-state index in [1.54, 1.807) is 6.20 Å². The van der Waals surface area contributed by atoms with Crippen molar-refractivity contribution in [1.82, 2.24) is 10.6 Å². The maximum Gasteiger partial charge on any atom is 0.262 e. The molecule has 5 heteroatoms. The van der Waals surface area contributed by atoms with Gasteiger partial charge in [-0.15, -0.1) is 0 Å². The molecule has 0 saturated heterocycles. The van der Waals surface area contributed by atoms with Crippen molar-refractivity contribution in [2.45, 2.75) is 24.8 Å². The summed E-state index contributed by atoms with van der Waals surface area (Å²) in [5.41, 5.74) is 2.20. The van der Waals surface area contributed by atoms with Crippen molar-refractivity contribution in [3.63, 3.8) is 0 Å². The van der Waals surface area contributed by atoms with Crippen molar-refractivity contribution in [1.29, 1.82) is 0 Å². The molecule has 0 fully saturated rings. The zero-order valence-electron chi connectivity index (χ0n) is 12.3. The average molecular weight is 314 g/mol. The van der Waals surface area contributed by atoms with E-state index in [-0.39, 0.29) is 17.2 Å². The number of nitrogens with one attached hydrogen (secondary N) is 2. The number of carbonyl (C=O) groups excluding carboxylic acids is 1. The smallest absolute Gasteiger partial charge is 0.262 e. The molecule has 1 aromatic carbocycles. The lowest BCUT2D eigenvalue weighted by molar-refractivity contribution is -0.117. The molecular weight excluding hydrogens is 296 g/mol. The number of rotatable bonds is 3. The summed E-state index contributed by atoms with van der Waals surface area (Å²) in [4.78, 5) is 12.6. The second-order valence-corrected chi connectivity index (χ2v) is 6.98. The topological polar surface area (TPSA) is 58.2 Å². The first-order valence-corrected chi connectivity index (χ1v) is 8.42. The second-order valence-electron chi connectivity index (χ2n) is 5.40. The van der Waals surface area contributed by atoms with Crippen LogP contribution in [0.5, 0.6) is 0 Å². The van der Waals surface area contributed by atoms with Crippen LogP contribution >= 0.6 is 0 Å². The first-order chi connectivity index (χ1) is 10.6. The molecule has 1 amide bonds. The summed E-state index contributed by atoms with van der Waals surface area (Å²) in [6.45, 7) is 2.45. The summed E-state index contributed by atoms with van der Waals surface area (Å²) in [6, 6.07) is 7.96. The van der Waals surface area contributed by atoms with Gasteiger partial charge in [0.15, 0.2) is 0 Å². The SMILES string of the molecule is Cc1ccc(CNC(=O)C2=CNC3C=CC=CC3S2=O)cc1. The molecule has 1 aliphatic carbocycles. The number of hydrogen-bond acceptors (Lipinski definition) is 3. The Hall–Kier alpha value is -2.14. The molecule has 1 aliphatic heterocycles. The lowest BCUT2D eigenvalue weighted by atomic mass is 10.1. The summed E-state index contributed by atoms with van der Waals surface area (Å²) < 4.78 is 12.5. The highest BCUT2D eigenvalue weighted by atomic mass is 32.2. The Balaban J connectivity index is 1.66. The Morgan fingerprint density at radius 3 is 2.73 bits per heavy atom. The molecule has 0 saturated carbocycles. The second kappa shape index (κ2) is 6.32. The predicted molar refractivity (Wildman–Crippen MR) is 88.2 cm³/mol. The minimum atomic E-state index is -1.34. The summed E-state index contributed by atoms with van der Waals surface area (Å²) in [5.74, 6) is -0.284. The van der Waals surface area contributed by atoms with Gasteiger partial charge >= 0.3 is 0 Å². The third kappa shape index (κ3) is 3.04. The van der Waals surface area contributed by atoms with Crippen LogP contribution in [-0.4, -0.2) is 21.4 Å². The Morgan fingerprint density at radius 1 is 1.23 bits per heavy atom. The van der Waals surface area contributed by atoms with Gasteiger partial charge in [-0.3, -0.25) is 9.00 Å². The molecule has 3 unspecified atom stereocenters. The van der Waals surface area contributed by atoms with Crippen molar-refractivity contribution in [3.8, 4) is 0 Å². The van der Waals surface area contributed by atoms with Crippen molar-refractivity contribution in [2.75, 3.05) is 0 Å². The number of fused-ring (bicyclic) bond motifs is 1. The molecule has 1 aromatic rings. The van der Waals surface area contributed by atoms with E-state index in [0.29, 0.717) is 11.4 Å². The molecule has 3 atom stereocenters. The third-order valence-electron chi connectivity index (χ3n) is 3.75. The Morgan fingerprint density at radius 2 is 1.95 bits per heavy atom. The summed E-state index contributed by atoms with van der Waals surface area (Å²) in [7, 11) is -1.34. The Bertz CT molecular complexity index is 689. The maximum atomic E-state index is 12.5. The lowest BCUT2D eigenvalue weighted by Gasteiger charge is -2.29. The van der Waals surface area contributed by atoms with E-state index in [2.05, 4.69) is 10.6 Å². The van der Waals surface area contributed by atoms with E-state index in [4.69, 9.17) is 0 Å². The zero-order chi connectivity index (χ0) is 15.5. The minimum absolute atomic E-state index is 0.000480. The first-order valence-electron chi connectivity index (χ1n) is 7.21. The molecule has 1 heterocycles. The number of aryl methyl sites for hydroxylation is 1. The largest absolute Gasteiger partial charge is 0.382 e. The van der Waals surface area contributed by atoms with E-state index in [0.717, 1.165) is 5.56 Å². The van der Waals surface area contributed by atoms with Gasteiger partial charge < -0.3 is 10.6 Å². The van der Waals surface area contributed by atoms with Crippen LogP contribution in [0.2, 0.25) is 0 Å². The normalized spacial score (nSPS) is 25.9. The van der Waals surface area contributed by atoms with Crippen LogP contribution in [0.3, 0.4) is 0 Å².